The smallest absolute Gasteiger partial charge is 0.0632 e. The van der Waals surface area contributed by atoms with E-state index in [0.717, 1.165) is 45.2 Å². The van der Waals surface area contributed by atoms with E-state index in [9.17, 15) is 10.2 Å². The van der Waals surface area contributed by atoms with E-state index >= 15 is 0 Å². The van der Waals surface area contributed by atoms with Gasteiger partial charge < -0.3 is 15.1 Å². The van der Waals surface area contributed by atoms with Gasteiger partial charge in [-0.15, -0.1) is 0 Å². The molecule has 0 radical (unpaired) electrons. The Kier molecular flexibility index (Phi) is 11.4. The van der Waals surface area contributed by atoms with Gasteiger partial charge in [0.05, 0.1) is 11.7 Å². The number of rotatable bonds is 1. The molecule has 0 aromatic heterocycles. The average Bonchev–Trinajstić information content (AvgIpc) is 2.61. The van der Waals surface area contributed by atoms with E-state index in [1.54, 1.807) is 0 Å². The summed E-state index contributed by atoms with van der Waals surface area (Å²) in [6, 6.07) is 1.66. The largest absolute Gasteiger partial charge is 0.393 e. The lowest BCUT2D eigenvalue weighted by Crippen LogP contribution is -2.51. The molecular weight excluding hydrogens is 300 g/mol. The molecule has 4 heteroatoms. The summed E-state index contributed by atoms with van der Waals surface area (Å²) in [7, 11) is 2.11. The normalized spacial score (nSPS) is 35.4. The van der Waals surface area contributed by atoms with Crippen molar-refractivity contribution < 1.29 is 10.2 Å². The van der Waals surface area contributed by atoms with Crippen LogP contribution in [0.2, 0.25) is 0 Å². The fourth-order valence-corrected chi connectivity index (χ4v) is 3.98. The van der Waals surface area contributed by atoms with Crippen LogP contribution in [0.3, 0.4) is 0 Å². The van der Waals surface area contributed by atoms with Crippen LogP contribution >= 0.6 is 0 Å². The van der Waals surface area contributed by atoms with Crippen molar-refractivity contribution in [2.45, 2.75) is 110 Å². The average molecular weight is 345 g/mol. The Morgan fingerprint density at radius 3 is 1.96 bits per heavy atom. The van der Waals surface area contributed by atoms with Gasteiger partial charge in [0, 0.05) is 24.7 Å². The Morgan fingerprint density at radius 1 is 1.00 bits per heavy atom. The summed E-state index contributed by atoms with van der Waals surface area (Å²) in [6.45, 7) is 17.0. The first-order valence-corrected chi connectivity index (χ1v) is 9.99. The maximum atomic E-state index is 9.65. The highest BCUT2D eigenvalue weighted by molar-refractivity contribution is 4.85. The van der Waals surface area contributed by atoms with Gasteiger partial charge >= 0.3 is 0 Å². The molecule has 2 saturated heterocycles. The third-order valence-electron chi connectivity index (χ3n) is 5.13. The first kappa shape index (κ1) is 23.8. The van der Waals surface area contributed by atoms with Crippen LogP contribution in [-0.2, 0) is 0 Å². The zero-order chi connectivity index (χ0) is 18.9. The van der Waals surface area contributed by atoms with E-state index in [4.69, 9.17) is 0 Å². The summed E-state index contributed by atoms with van der Waals surface area (Å²) in [4.78, 5) is 4.77. The standard InChI is InChI=1S/C10H21NO.C8H17NO.C2H6/c1-7(2)11-8(3)5-10(12)6-9(11)4;1-8(10)4-3-6-9(2)7-5-8;1-2/h7-10,12H,5-6H2,1-4H3;10H,3-7H2,1-2H3;1-2H3. The Hall–Kier alpha value is -0.160. The van der Waals surface area contributed by atoms with Crippen molar-refractivity contribution in [3.05, 3.63) is 0 Å². The number of piperidine rings is 1. The molecule has 2 N–H and O–H groups in total. The van der Waals surface area contributed by atoms with E-state index in [1.165, 1.54) is 0 Å². The number of hydrogen-bond acceptors (Lipinski definition) is 4. The quantitative estimate of drug-likeness (QED) is 0.764. The van der Waals surface area contributed by atoms with Gasteiger partial charge in [0.2, 0.25) is 0 Å². The summed E-state index contributed by atoms with van der Waals surface area (Å²) in [5, 5.41) is 19.2. The number of nitrogens with zero attached hydrogens (tertiary/aromatic N) is 2. The fraction of sp³-hybridized carbons (Fsp3) is 1.00. The molecule has 3 unspecified atom stereocenters. The second-order valence-electron chi connectivity index (χ2n) is 8.02. The monoisotopic (exact) mass is 344 g/mol. The summed E-state index contributed by atoms with van der Waals surface area (Å²) >= 11 is 0. The topological polar surface area (TPSA) is 46.9 Å². The van der Waals surface area contributed by atoms with Crippen molar-refractivity contribution in [3.8, 4) is 0 Å². The summed E-state index contributed by atoms with van der Waals surface area (Å²) in [6.07, 6.45) is 4.79. The first-order valence-electron chi connectivity index (χ1n) is 9.99. The van der Waals surface area contributed by atoms with Crippen LogP contribution in [-0.4, -0.2) is 70.0 Å². The number of aliphatic hydroxyl groups is 2. The lowest BCUT2D eigenvalue weighted by atomic mass is 9.93. The second kappa shape index (κ2) is 11.5. The Morgan fingerprint density at radius 2 is 1.50 bits per heavy atom. The molecule has 4 nitrogen and oxygen atoms in total. The zero-order valence-electron chi connectivity index (χ0n) is 17.5. The molecule has 2 aliphatic heterocycles. The van der Waals surface area contributed by atoms with Gasteiger partial charge in [-0.3, -0.25) is 4.90 Å². The van der Waals surface area contributed by atoms with Crippen molar-refractivity contribution in [2.75, 3.05) is 20.1 Å². The van der Waals surface area contributed by atoms with Gasteiger partial charge in [-0.25, -0.2) is 0 Å². The van der Waals surface area contributed by atoms with Crippen LogP contribution in [0, 0.1) is 0 Å². The predicted molar refractivity (Wildman–Crippen MR) is 104 cm³/mol. The molecule has 0 amide bonds. The van der Waals surface area contributed by atoms with Gasteiger partial charge in [-0.05, 0) is 80.3 Å². The minimum absolute atomic E-state index is 0.0787. The highest BCUT2D eigenvalue weighted by Crippen LogP contribution is 2.24. The van der Waals surface area contributed by atoms with E-state index in [2.05, 4.69) is 44.5 Å². The zero-order valence-corrected chi connectivity index (χ0v) is 17.5. The minimum atomic E-state index is -0.398. The summed E-state index contributed by atoms with van der Waals surface area (Å²) < 4.78 is 0. The summed E-state index contributed by atoms with van der Waals surface area (Å²) in [5.74, 6) is 0. The molecule has 0 aromatic carbocycles. The van der Waals surface area contributed by atoms with Gasteiger partial charge in [-0.2, -0.15) is 0 Å². The molecule has 24 heavy (non-hydrogen) atoms. The molecule has 146 valence electrons. The lowest BCUT2D eigenvalue weighted by molar-refractivity contribution is -0.00378. The fourth-order valence-electron chi connectivity index (χ4n) is 3.98. The molecule has 3 atom stereocenters. The molecule has 0 aromatic rings. The predicted octanol–water partition coefficient (Wildman–Crippen LogP) is 3.51. The van der Waals surface area contributed by atoms with E-state index in [1.807, 2.05) is 20.8 Å². The number of hydrogen-bond donors (Lipinski definition) is 2. The van der Waals surface area contributed by atoms with Gasteiger partial charge in [0.25, 0.3) is 0 Å². The third-order valence-corrected chi connectivity index (χ3v) is 5.13. The lowest BCUT2D eigenvalue weighted by Gasteiger charge is -2.43. The number of likely N-dealkylation sites (tertiary alicyclic amines) is 2. The maximum Gasteiger partial charge on any atom is 0.0632 e. The molecule has 2 aliphatic rings. The van der Waals surface area contributed by atoms with Crippen LogP contribution in [0.15, 0.2) is 0 Å². The first-order chi connectivity index (χ1) is 11.1. The minimum Gasteiger partial charge on any atom is -0.393 e. The Bertz CT molecular complexity index is 309. The van der Waals surface area contributed by atoms with Crippen molar-refractivity contribution in [2.24, 2.45) is 0 Å². The molecule has 0 spiro atoms. The maximum absolute atomic E-state index is 9.65. The molecule has 0 bridgehead atoms. The highest BCUT2D eigenvalue weighted by atomic mass is 16.3. The van der Waals surface area contributed by atoms with Gasteiger partial charge in [-0.1, -0.05) is 13.8 Å². The third kappa shape index (κ3) is 8.80. The molecule has 2 heterocycles. The van der Waals surface area contributed by atoms with Crippen molar-refractivity contribution in [1.29, 1.82) is 0 Å². The van der Waals surface area contributed by atoms with Crippen LogP contribution in [0.25, 0.3) is 0 Å². The van der Waals surface area contributed by atoms with Crippen LogP contribution < -0.4 is 0 Å². The molecular formula is C20H44N2O2. The highest BCUT2D eigenvalue weighted by Gasteiger charge is 2.31. The van der Waals surface area contributed by atoms with Crippen molar-refractivity contribution in [1.82, 2.24) is 9.80 Å². The van der Waals surface area contributed by atoms with Crippen LogP contribution in [0.1, 0.15) is 80.6 Å². The molecule has 2 rings (SSSR count). The molecule has 0 aliphatic carbocycles. The summed E-state index contributed by atoms with van der Waals surface area (Å²) in [5.41, 5.74) is -0.398. The van der Waals surface area contributed by atoms with Crippen molar-refractivity contribution in [3.63, 3.8) is 0 Å². The van der Waals surface area contributed by atoms with E-state index < -0.39 is 5.60 Å². The Balaban J connectivity index is 0.000000405. The van der Waals surface area contributed by atoms with Crippen molar-refractivity contribution >= 4 is 0 Å². The van der Waals surface area contributed by atoms with E-state index in [0.29, 0.717) is 18.1 Å². The molecule has 0 saturated carbocycles. The number of aliphatic hydroxyl groups excluding tert-OH is 1. The SMILES string of the molecule is CC.CC(C)N1C(C)CC(O)CC1C.CN1CCCC(C)(O)CC1. The molecule has 2 fully saturated rings. The van der Waals surface area contributed by atoms with Gasteiger partial charge in [0.1, 0.15) is 0 Å². The Labute approximate surface area is 151 Å². The van der Waals surface area contributed by atoms with E-state index in [-0.39, 0.29) is 6.10 Å². The van der Waals surface area contributed by atoms with Gasteiger partial charge in [0.15, 0.2) is 0 Å². The second-order valence-corrected chi connectivity index (χ2v) is 8.02. The van der Waals surface area contributed by atoms with Crippen LogP contribution in [0.5, 0.6) is 0 Å². The van der Waals surface area contributed by atoms with Crippen LogP contribution in [0.4, 0.5) is 0 Å².